The fraction of sp³-hybridized carbons (Fsp3) is 0.120. The molecule has 4 rings (SSSR count). The lowest BCUT2D eigenvalue weighted by Gasteiger charge is -2.13. The van der Waals surface area contributed by atoms with Gasteiger partial charge in [0.25, 0.3) is 5.91 Å². The van der Waals surface area contributed by atoms with Crippen molar-refractivity contribution < 1.29 is 14.3 Å². The molecule has 1 fully saturated rings. The van der Waals surface area contributed by atoms with Crippen molar-refractivity contribution in [2.45, 2.75) is 13.5 Å². The van der Waals surface area contributed by atoms with E-state index in [1.54, 1.807) is 19.3 Å². The molecule has 9 heteroatoms. The van der Waals surface area contributed by atoms with Crippen LogP contribution in [0, 0.1) is 6.92 Å². The van der Waals surface area contributed by atoms with Gasteiger partial charge in [-0.05, 0) is 66.2 Å². The van der Waals surface area contributed by atoms with E-state index in [2.05, 4.69) is 26.2 Å². The van der Waals surface area contributed by atoms with Gasteiger partial charge in [-0.3, -0.25) is 4.79 Å². The van der Waals surface area contributed by atoms with Crippen LogP contribution in [0.5, 0.6) is 11.5 Å². The van der Waals surface area contributed by atoms with E-state index in [9.17, 15) is 4.79 Å². The number of amides is 1. The van der Waals surface area contributed by atoms with Crippen molar-refractivity contribution in [3.05, 3.63) is 90.7 Å². The second kappa shape index (κ2) is 10.9. The predicted molar refractivity (Wildman–Crippen MR) is 143 cm³/mol. The maximum Gasteiger partial charge on any atom is 0.264 e. The zero-order valence-corrected chi connectivity index (χ0v) is 22.1. The van der Waals surface area contributed by atoms with Crippen molar-refractivity contribution >= 4 is 73.7 Å². The van der Waals surface area contributed by atoms with E-state index in [1.165, 1.54) is 11.8 Å². The molecule has 0 aromatic heterocycles. The Bertz CT molecular complexity index is 1330. The summed E-state index contributed by atoms with van der Waals surface area (Å²) < 4.78 is 12.2. The Morgan fingerprint density at radius 3 is 2.62 bits per heavy atom. The molecule has 0 spiro atoms. The van der Waals surface area contributed by atoms with Crippen molar-refractivity contribution in [3.8, 4) is 11.5 Å². The van der Waals surface area contributed by atoms with E-state index in [4.69, 9.17) is 32.7 Å². The first-order valence-corrected chi connectivity index (χ1v) is 12.5. The number of rotatable bonds is 6. The maximum absolute atomic E-state index is 12.6. The molecule has 1 aliphatic heterocycles. The molecule has 0 aliphatic carbocycles. The Morgan fingerprint density at radius 1 is 1.09 bits per heavy atom. The first-order valence-electron chi connectivity index (χ1n) is 10.1. The first-order chi connectivity index (χ1) is 16.4. The molecule has 5 nitrogen and oxygen atoms in total. The lowest BCUT2D eigenvalue weighted by atomic mass is 10.1. The second-order valence-electron chi connectivity index (χ2n) is 7.27. The fourth-order valence-corrected chi connectivity index (χ4v) is 4.78. The molecule has 1 N–H and O–H groups in total. The highest BCUT2D eigenvalue weighted by Gasteiger charge is 2.25. The fourth-order valence-electron chi connectivity index (χ4n) is 3.15. The molecule has 3 aromatic rings. The van der Waals surface area contributed by atoms with E-state index in [-0.39, 0.29) is 5.91 Å². The van der Waals surface area contributed by atoms with Crippen molar-refractivity contribution in [1.82, 2.24) is 5.32 Å². The topological polar surface area (TPSA) is 59.9 Å². The number of thioether (sulfide) groups is 1. The number of nitrogens with zero attached hydrogens (tertiary/aromatic N) is 1. The number of hydrogen-bond acceptors (Lipinski definition) is 5. The van der Waals surface area contributed by atoms with Gasteiger partial charge in [0, 0.05) is 20.1 Å². The summed E-state index contributed by atoms with van der Waals surface area (Å²) in [5.41, 5.74) is 3.19. The summed E-state index contributed by atoms with van der Waals surface area (Å²) in [7, 11) is 1.57. The van der Waals surface area contributed by atoms with E-state index in [0.29, 0.717) is 43.9 Å². The number of carbonyl (C=O) groups is 1. The summed E-state index contributed by atoms with van der Waals surface area (Å²) in [5, 5.41) is 4.55. The quantitative estimate of drug-likeness (QED) is 0.307. The summed E-state index contributed by atoms with van der Waals surface area (Å²) in [4.78, 5) is 17.6. The molecule has 0 bridgehead atoms. The van der Waals surface area contributed by atoms with Gasteiger partial charge >= 0.3 is 0 Å². The third-order valence-corrected chi connectivity index (χ3v) is 7.40. The van der Waals surface area contributed by atoms with Crippen LogP contribution < -0.4 is 14.8 Å². The number of halogens is 3. The molecular formula is C25H19BrCl2N2O3S. The van der Waals surface area contributed by atoms with Crippen LogP contribution in [0.3, 0.4) is 0 Å². The Hall–Kier alpha value is -2.45. The minimum absolute atomic E-state index is 0.228. The van der Waals surface area contributed by atoms with E-state index >= 15 is 0 Å². The number of ether oxygens (including phenoxy) is 2. The van der Waals surface area contributed by atoms with Crippen LogP contribution in [0.2, 0.25) is 10.0 Å². The minimum atomic E-state index is -0.228. The zero-order valence-electron chi connectivity index (χ0n) is 18.2. The van der Waals surface area contributed by atoms with Crippen molar-refractivity contribution in [1.29, 1.82) is 0 Å². The average Bonchev–Trinajstić information content (AvgIpc) is 3.16. The number of nitrogens with one attached hydrogen (secondary N) is 1. The van der Waals surface area contributed by atoms with Gasteiger partial charge in [-0.25, -0.2) is 4.99 Å². The highest BCUT2D eigenvalue weighted by molar-refractivity contribution is 9.10. The largest absolute Gasteiger partial charge is 0.493 e. The van der Waals surface area contributed by atoms with Crippen LogP contribution in [-0.4, -0.2) is 18.2 Å². The Kier molecular flexibility index (Phi) is 7.88. The molecule has 1 heterocycles. The molecule has 0 atom stereocenters. The van der Waals surface area contributed by atoms with Gasteiger partial charge in [-0.1, -0.05) is 63.4 Å². The summed E-state index contributed by atoms with van der Waals surface area (Å²) >= 11 is 17.2. The first kappa shape index (κ1) is 24.7. The third kappa shape index (κ3) is 5.61. The van der Waals surface area contributed by atoms with Crippen LogP contribution in [0.25, 0.3) is 6.08 Å². The van der Waals surface area contributed by atoms with Gasteiger partial charge in [-0.15, -0.1) is 0 Å². The lowest BCUT2D eigenvalue weighted by Crippen LogP contribution is -2.19. The van der Waals surface area contributed by atoms with Gasteiger partial charge in [0.2, 0.25) is 0 Å². The molecular weight excluding hydrogens is 559 g/mol. The average molecular weight is 578 g/mol. The highest BCUT2D eigenvalue weighted by Crippen LogP contribution is 2.37. The van der Waals surface area contributed by atoms with Crippen LogP contribution in [-0.2, 0) is 11.4 Å². The number of methoxy groups -OCH3 is 1. The molecule has 0 radical (unpaired) electrons. The van der Waals surface area contributed by atoms with E-state index < -0.39 is 0 Å². The second-order valence-corrected chi connectivity index (χ2v) is 9.97. The monoisotopic (exact) mass is 576 g/mol. The van der Waals surface area contributed by atoms with Gasteiger partial charge in [0.15, 0.2) is 16.7 Å². The van der Waals surface area contributed by atoms with Crippen molar-refractivity contribution in [3.63, 3.8) is 0 Å². The standard InChI is InChI=1S/C25H19BrCl2N2O3S/c1-14-18(27)8-5-9-20(14)29-25-30-24(31)23(34-25)11-16-10-21(32-2)22(12-17(16)26)33-13-15-6-3-4-7-19(15)28/h3-12H,13H2,1-2H3,(H,29,30,31)/b23-11+. The lowest BCUT2D eigenvalue weighted by molar-refractivity contribution is -0.115. The molecule has 1 saturated heterocycles. The van der Waals surface area contributed by atoms with Crippen LogP contribution in [0.4, 0.5) is 5.69 Å². The molecule has 0 unspecified atom stereocenters. The van der Waals surface area contributed by atoms with Gasteiger partial charge in [0.1, 0.15) is 6.61 Å². The SMILES string of the molecule is COc1cc(/C=C2/SC(=Nc3cccc(Cl)c3C)NC2=O)c(Br)cc1OCc1ccccc1Cl. The van der Waals surface area contributed by atoms with Crippen LogP contribution in [0.1, 0.15) is 16.7 Å². The van der Waals surface area contributed by atoms with Crippen LogP contribution >= 0.6 is 50.9 Å². The number of hydrogen-bond donors (Lipinski definition) is 1. The molecule has 3 aromatic carbocycles. The molecule has 34 heavy (non-hydrogen) atoms. The van der Waals surface area contributed by atoms with E-state index in [0.717, 1.165) is 21.2 Å². The number of carbonyl (C=O) groups excluding carboxylic acids is 1. The summed E-state index contributed by atoms with van der Waals surface area (Å²) in [6.07, 6.45) is 1.78. The Balaban J connectivity index is 1.56. The molecule has 0 saturated carbocycles. The third-order valence-electron chi connectivity index (χ3n) is 5.02. The summed E-state index contributed by atoms with van der Waals surface area (Å²) in [5.74, 6) is 0.862. The zero-order chi connectivity index (χ0) is 24.2. The van der Waals surface area contributed by atoms with E-state index in [1.807, 2.05) is 55.5 Å². The number of benzene rings is 3. The minimum Gasteiger partial charge on any atom is -0.493 e. The van der Waals surface area contributed by atoms with Crippen molar-refractivity contribution in [2.24, 2.45) is 4.99 Å². The summed E-state index contributed by atoms with van der Waals surface area (Å²) in [6.45, 7) is 2.18. The normalized spacial score (nSPS) is 15.6. The van der Waals surface area contributed by atoms with Crippen molar-refractivity contribution in [2.75, 3.05) is 7.11 Å². The van der Waals surface area contributed by atoms with Gasteiger partial charge in [0.05, 0.1) is 17.7 Å². The van der Waals surface area contributed by atoms with Crippen LogP contribution in [0.15, 0.2) is 69.0 Å². The molecule has 1 aliphatic rings. The maximum atomic E-state index is 12.6. The smallest absolute Gasteiger partial charge is 0.264 e. The highest BCUT2D eigenvalue weighted by atomic mass is 79.9. The molecule has 174 valence electrons. The number of aliphatic imine (C=N–C) groups is 1. The number of amidine groups is 1. The molecule has 1 amide bonds. The van der Waals surface area contributed by atoms with Gasteiger partial charge < -0.3 is 14.8 Å². The Morgan fingerprint density at radius 2 is 1.85 bits per heavy atom. The van der Waals surface area contributed by atoms with Gasteiger partial charge in [-0.2, -0.15) is 0 Å². The summed E-state index contributed by atoms with van der Waals surface area (Å²) in [6, 6.07) is 16.6. The Labute approximate surface area is 220 Å². The predicted octanol–water partition coefficient (Wildman–Crippen LogP) is 7.54.